The molecule has 0 aromatic carbocycles. The molecule has 0 bridgehead atoms. The van der Waals surface area contributed by atoms with Crippen molar-refractivity contribution in [2.24, 2.45) is 5.92 Å². The minimum Gasteiger partial charge on any atom is -0.466 e. The number of carbonyl (C=O) groups is 2. The van der Waals surface area contributed by atoms with Crippen molar-refractivity contribution >= 4 is 11.9 Å². The Morgan fingerprint density at radius 2 is 1.76 bits per heavy atom. The molecule has 0 saturated carbocycles. The first-order valence-electron chi connectivity index (χ1n) is 8.96. The summed E-state index contributed by atoms with van der Waals surface area (Å²) in [5, 5.41) is 0. The van der Waals surface area contributed by atoms with Gasteiger partial charge in [-0.15, -0.1) is 0 Å². The highest BCUT2D eigenvalue weighted by Crippen LogP contribution is 2.35. The second kappa shape index (κ2) is 12.5. The van der Waals surface area contributed by atoms with E-state index >= 15 is 0 Å². The van der Waals surface area contributed by atoms with Crippen molar-refractivity contribution in [3.8, 4) is 0 Å². The number of hydrogen-bond acceptors (Lipinski definition) is 5. The van der Waals surface area contributed by atoms with Crippen molar-refractivity contribution < 1.29 is 23.8 Å². The van der Waals surface area contributed by atoms with Crippen molar-refractivity contribution in [3.05, 3.63) is 36.0 Å². The number of allylic oxidation sites excluding steroid dienone is 2. The first-order chi connectivity index (χ1) is 12.1. The van der Waals surface area contributed by atoms with Gasteiger partial charge in [0.25, 0.3) is 0 Å². The monoisotopic (exact) mass is 350 g/mol. The molecule has 2 aliphatic rings. The van der Waals surface area contributed by atoms with Crippen LogP contribution in [0.5, 0.6) is 0 Å². The topological polar surface area (TPSA) is 61.8 Å². The fraction of sp³-hybridized carbons (Fsp3) is 0.600. The minimum atomic E-state index is -0.394. The second-order valence-electron chi connectivity index (χ2n) is 5.87. The Morgan fingerprint density at radius 1 is 1.16 bits per heavy atom. The molecule has 0 saturated heterocycles. The molecule has 0 aromatic heterocycles. The standard InChI is InChI=1S/C16H24O3.C4H6O2/c1-2-18-11-12-19-16(17)15(13-7-3-4-8-13)14-9-5-6-10-14;1-3-4(5)6-2/h7,9,15H,2-6,8,10-12H2,1H3;3H,1H2,2H3. The molecule has 2 rings (SSSR count). The molecule has 2 aliphatic carbocycles. The zero-order chi connectivity index (χ0) is 18.5. The van der Waals surface area contributed by atoms with E-state index in [1.807, 2.05) is 6.92 Å². The fourth-order valence-electron chi connectivity index (χ4n) is 2.97. The lowest BCUT2D eigenvalue weighted by molar-refractivity contribution is -0.147. The fourth-order valence-corrected chi connectivity index (χ4v) is 2.97. The van der Waals surface area contributed by atoms with E-state index in [0.717, 1.165) is 31.8 Å². The molecular formula is C20H30O5. The molecule has 5 heteroatoms. The lowest BCUT2D eigenvalue weighted by Gasteiger charge is -2.19. The molecule has 0 unspecified atom stereocenters. The molecule has 25 heavy (non-hydrogen) atoms. The number of carbonyl (C=O) groups excluding carboxylic acids is 2. The summed E-state index contributed by atoms with van der Waals surface area (Å²) in [7, 11) is 1.31. The molecule has 0 atom stereocenters. The van der Waals surface area contributed by atoms with Crippen LogP contribution in [0.1, 0.15) is 45.4 Å². The Hall–Kier alpha value is -1.88. The number of methoxy groups -OCH3 is 1. The zero-order valence-corrected chi connectivity index (χ0v) is 15.4. The quantitative estimate of drug-likeness (QED) is 0.289. The van der Waals surface area contributed by atoms with Crippen molar-refractivity contribution in [1.82, 2.24) is 0 Å². The third-order valence-corrected chi connectivity index (χ3v) is 4.17. The maximum Gasteiger partial charge on any atom is 0.329 e. The Bertz CT molecular complexity index is 480. The van der Waals surface area contributed by atoms with Gasteiger partial charge in [0.1, 0.15) is 6.61 Å². The normalized spacial score (nSPS) is 15.8. The third-order valence-electron chi connectivity index (χ3n) is 4.17. The Balaban J connectivity index is 0.000000450. The van der Waals surface area contributed by atoms with E-state index < -0.39 is 5.97 Å². The number of esters is 2. The van der Waals surface area contributed by atoms with E-state index in [2.05, 4.69) is 23.5 Å². The van der Waals surface area contributed by atoms with Crippen LogP contribution < -0.4 is 0 Å². The number of rotatable bonds is 8. The van der Waals surface area contributed by atoms with Crippen molar-refractivity contribution in [2.75, 3.05) is 26.9 Å². The highest BCUT2D eigenvalue weighted by Gasteiger charge is 2.30. The van der Waals surface area contributed by atoms with E-state index in [4.69, 9.17) is 9.47 Å². The summed E-state index contributed by atoms with van der Waals surface area (Å²) in [5.74, 6) is -0.581. The maximum absolute atomic E-state index is 12.3. The van der Waals surface area contributed by atoms with Crippen LogP contribution in [0.3, 0.4) is 0 Å². The van der Waals surface area contributed by atoms with E-state index in [-0.39, 0.29) is 11.9 Å². The minimum absolute atomic E-state index is 0.0824. The molecule has 0 amide bonds. The molecule has 0 heterocycles. The third kappa shape index (κ3) is 7.69. The van der Waals surface area contributed by atoms with Gasteiger partial charge >= 0.3 is 11.9 Å². The summed E-state index contributed by atoms with van der Waals surface area (Å²) < 4.78 is 14.7. The average Bonchev–Trinajstić information content (AvgIpc) is 3.33. The Kier molecular flexibility index (Phi) is 10.6. The van der Waals surface area contributed by atoms with Crippen LogP contribution in [0.25, 0.3) is 0 Å². The predicted molar refractivity (Wildman–Crippen MR) is 97.0 cm³/mol. The van der Waals surface area contributed by atoms with Gasteiger partial charge in [-0.25, -0.2) is 4.79 Å². The van der Waals surface area contributed by atoms with E-state index in [0.29, 0.717) is 19.8 Å². The highest BCUT2D eigenvalue weighted by molar-refractivity contribution is 5.81. The maximum atomic E-state index is 12.3. The van der Waals surface area contributed by atoms with E-state index in [9.17, 15) is 9.59 Å². The molecule has 0 fully saturated rings. The van der Waals surface area contributed by atoms with Gasteiger partial charge in [-0.05, 0) is 45.4 Å². The predicted octanol–water partition coefficient (Wildman–Crippen LogP) is 3.75. The molecule has 0 aromatic rings. The van der Waals surface area contributed by atoms with Crippen molar-refractivity contribution in [1.29, 1.82) is 0 Å². The first-order valence-corrected chi connectivity index (χ1v) is 8.96. The van der Waals surface area contributed by atoms with E-state index in [1.165, 1.54) is 31.1 Å². The van der Waals surface area contributed by atoms with Crippen molar-refractivity contribution in [3.63, 3.8) is 0 Å². The number of ether oxygens (including phenoxy) is 3. The summed E-state index contributed by atoms with van der Waals surface area (Å²) in [6.07, 6.45) is 12.2. The molecule has 0 radical (unpaired) electrons. The van der Waals surface area contributed by atoms with Gasteiger partial charge in [0.2, 0.25) is 0 Å². The van der Waals surface area contributed by atoms with Crippen LogP contribution in [-0.4, -0.2) is 38.9 Å². The van der Waals surface area contributed by atoms with Gasteiger partial charge in [0.15, 0.2) is 0 Å². The Morgan fingerprint density at radius 3 is 2.12 bits per heavy atom. The van der Waals surface area contributed by atoms with Gasteiger partial charge in [0, 0.05) is 12.7 Å². The second-order valence-corrected chi connectivity index (χ2v) is 5.87. The largest absolute Gasteiger partial charge is 0.466 e. The summed E-state index contributed by atoms with van der Waals surface area (Å²) in [6.45, 7) is 6.62. The summed E-state index contributed by atoms with van der Waals surface area (Å²) in [5.41, 5.74) is 2.55. The van der Waals surface area contributed by atoms with Gasteiger partial charge in [-0.2, -0.15) is 0 Å². The molecule has 0 spiro atoms. The van der Waals surface area contributed by atoms with Crippen LogP contribution in [0, 0.1) is 5.92 Å². The number of hydrogen-bond donors (Lipinski definition) is 0. The van der Waals surface area contributed by atoms with E-state index in [1.54, 1.807) is 0 Å². The zero-order valence-electron chi connectivity index (χ0n) is 15.4. The van der Waals surface area contributed by atoms with Gasteiger partial charge in [-0.3, -0.25) is 4.79 Å². The van der Waals surface area contributed by atoms with Crippen LogP contribution in [-0.2, 0) is 23.8 Å². The van der Waals surface area contributed by atoms with Crippen LogP contribution in [0.2, 0.25) is 0 Å². The average molecular weight is 350 g/mol. The SMILES string of the molecule is C=CC(=O)OC.CCOCCOC(=O)C(C1=CCCC1)C1=CCCC1. The summed E-state index contributed by atoms with van der Waals surface area (Å²) in [4.78, 5) is 22.2. The van der Waals surface area contributed by atoms with Crippen LogP contribution in [0.4, 0.5) is 0 Å². The highest BCUT2D eigenvalue weighted by atomic mass is 16.6. The lowest BCUT2D eigenvalue weighted by Crippen LogP contribution is -2.22. The van der Waals surface area contributed by atoms with Crippen LogP contribution in [0.15, 0.2) is 36.0 Å². The van der Waals surface area contributed by atoms with Gasteiger partial charge < -0.3 is 14.2 Å². The summed E-state index contributed by atoms with van der Waals surface area (Å²) >= 11 is 0. The van der Waals surface area contributed by atoms with Gasteiger partial charge in [-0.1, -0.05) is 29.9 Å². The molecular weight excluding hydrogens is 320 g/mol. The van der Waals surface area contributed by atoms with Gasteiger partial charge in [0.05, 0.1) is 19.6 Å². The first kappa shape index (κ1) is 21.2. The molecule has 0 N–H and O–H groups in total. The molecule has 0 aliphatic heterocycles. The molecule has 140 valence electrons. The summed E-state index contributed by atoms with van der Waals surface area (Å²) in [6, 6.07) is 0. The smallest absolute Gasteiger partial charge is 0.329 e. The lowest BCUT2D eigenvalue weighted by atomic mass is 9.90. The Labute approximate surface area is 150 Å². The van der Waals surface area contributed by atoms with Crippen LogP contribution >= 0.6 is 0 Å². The van der Waals surface area contributed by atoms with Crippen molar-refractivity contribution in [2.45, 2.75) is 45.4 Å². The molecule has 5 nitrogen and oxygen atoms in total.